The van der Waals surface area contributed by atoms with E-state index in [9.17, 15) is 0 Å². The van der Waals surface area contributed by atoms with E-state index in [-0.39, 0.29) is 5.16 Å². The molecule has 3 heteroatoms. The second kappa shape index (κ2) is 5.28. The van der Waals surface area contributed by atoms with E-state index in [0.717, 1.165) is 23.3 Å². The van der Waals surface area contributed by atoms with Crippen molar-refractivity contribution in [2.24, 2.45) is 5.41 Å². The lowest BCUT2D eigenvalue weighted by Gasteiger charge is -2.47. The summed E-state index contributed by atoms with van der Waals surface area (Å²) in [6.45, 7) is 15.8. The lowest BCUT2D eigenvalue weighted by atomic mass is 9.81. The van der Waals surface area contributed by atoms with Gasteiger partial charge in [-0.2, -0.15) is 0 Å². The van der Waals surface area contributed by atoms with Gasteiger partial charge in [-0.15, -0.1) is 0 Å². The first kappa shape index (κ1) is 14.1. The van der Waals surface area contributed by atoms with E-state index in [0.29, 0.717) is 11.5 Å². The highest BCUT2D eigenvalue weighted by atomic mass is 28.1. The summed E-state index contributed by atoms with van der Waals surface area (Å²) in [6, 6.07) is 0.541. The van der Waals surface area contributed by atoms with Crippen molar-refractivity contribution in [2.75, 3.05) is 13.1 Å². The fraction of sp³-hybridized carbons (Fsp3) is 1.00. The summed E-state index contributed by atoms with van der Waals surface area (Å²) < 4.78 is 0. The maximum atomic E-state index is 3.68. The van der Waals surface area contributed by atoms with Crippen LogP contribution >= 0.6 is 0 Å². The summed E-state index contributed by atoms with van der Waals surface area (Å²) in [5.41, 5.74) is 0.316. The molecule has 0 rings (SSSR count). The summed E-state index contributed by atoms with van der Waals surface area (Å²) in [4.78, 5) is 0. The first-order chi connectivity index (χ1) is 6.29. The van der Waals surface area contributed by atoms with E-state index in [1.54, 1.807) is 0 Å². The van der Waals surface area contributed by atoms with Crippen LogP contribution in [0.3, 0.4) is 0 Å². The molecule has 0 aromatic rings. The zero-order valence-corrected chi connectivity index (χ0v) is 13.0. The maximum Gasteiger partial charge on any atom is 0.0307 e. The normalized spacial score (nSPS) is 19.3. The van der Waals surface area contributed by atoms with Crippen LogP contribution in [0.25, 0.3) is 0 Å². The molecule has 2 nitrogen and oxygen atoms in total. The van der Waals surface area contributed by atoms with Crippen LogP contribution in [-0.4, -0.2) is 34.5 Å². The van der Waals surface area contributed by atoms with E-state index < -0.39 is 0 Å². The number of hydrogen-bond donors (Lipinski definition) is 2. The Kier molecular flexibility index (Phi) is 5.34. The van der Waals surface area contributed by atoms with Gasteiger partial charge in [-0.05, 0) is 25.4 Å². The molecule has 0 aliphatic rings. The predicted octanol–water partition coefficient (Wildman–Crippen LogP) is 0.702. The lowest BCUT2D eigenvalue weighted by Crippen LogP contribution is -2.66. The molecule has 0 aromatic heterocycles. The average molecular weight is 216 g/mol. The van der Waals surface area contributed by atoms with Gasteiger partial charge in [0.2, 0.25) is 0 Å². The molecular weight excluding hydrogens is 188 g/mol. The quantitative estimate of drug-likeness (QED) is 0.661. The lowest BCUT2D eigenvalue weighted by molar-refractivity contribution is 0.180. The molecule has 0 aliphatic carbocycles. The fourth-order valence-corrected chi connectivity index (χ4v) is 2.50. The fourth-order valence-electron chi connectivity index (χ4n) is 1.95. The van der Waals surface area contributed by atoms with Gasteiger partial charge in [0, 0.05) is 21.4 Å². The molecule has 0 saturated heterocycles. The molecule has 0 spiro atoms. The molecule has 0 saturated carbocycles. The predicted molar refractivity (Wildman–Crippen MR) is 68.9 cm³/mol. The molecule has 0 aliphatic heterocycles. The number of nitrogens with one attached hydrogen (secondary N) is 2. The Morgan fingerprint density at radius 1 is 1.14 bits per heavy atom. The van der Waals surface area contributed by atoms with Crippen LogP contribution in [0.2, 0.25) is 0 Å². The van der Waals surface area contributed by atoms with Crippen molar-refractivity contribution < 1.29 is 0 Å². The van der Waals surface area contributed by atoms with Crippen LogP contribution in [0.1, 0.15) is 41.5 Å². The Labute approximate surface area is 92.7 Å². The highest BCUT2D eigenvalue weighted by Crippen LogP contribution is 2.30. The third-order valence-electron chi connectivity index (χ3n) is 3.48. The van der Waals surface area contributed by atoms with Gasteiger partial charge >= 0.3 is 0 Å². The number of likely N-dealkylation sites (N-methyl/N-ethyl adjacent to an activating group) is 2. The molecule has 2 N–H and O–H groups in total. The van der Waals surface area contributed by atoms with Crippen LogP contribution in [0.15, 0.2) is 0 Å². The van der Waals surface area contributed by atoms with Crippen molar-refractivity contribution in [2.45, 2.75) is 52.7 Å². The standard InChI is InChI=1S/C11H28N2Si/c1-7-12-9(3)11(14,13-8-2)10(4,5)6/h9,12-13H,7-8H2,1-6,14H3. The average Bonchev–Trinajstić information content (AvgIpc) is 2.03. The minimum Gasteiger partial charge on any atom is -0.313 e. The summed E-state index contributed by atoms with van der Waals surface area (Å²) >= 11 is 0. The van der Waals surface area contributed by atoms with Crippen molar-refractivity contribution in [3.63, 3.8) is 0 Å². The first-order valence-corrected chi connectivity index (χ1v) is 6.78. The Morgan fingerprint density at radius 2 is 1.64 bits per heavy atom. The first-order valence-electron chi connectivity index (χ1n) is 5.78. The second-order valence-electron chi connectivity index (χ2n) is 5.26. The summed E-state index contributed by atoms with van der Waals surface area (Å²) in [5.74, 6) is 0. The summed E-state index contributed by atoms with van der Waals surface area (Å²) in [7, 11) is 1.16. The topological polar surface area (TPSA) is 24.1 Å². The third kappa shape index (κ3) is 3.07. The van der Waals surface area contributed by atoms with Crippen molar-refractivity contribution in [1.82, 2.24) is 10.6 Å². The Balaban J connectivity index is 4.70. The molecule has 0 amide bonds. The van der Waals surface area contributed by atoms with Crippen molar-refractivity contribution in [3.8, 4) is 0 Å². The van der Waals surface area contributed by atoms with Gasteiger partial charge in [-0.1, -0.05) is 34.6 Å². The van der Waals surface area contributed by atoms with Crippen molar-refractivity contribution >= 4 is 10.2 Å². The molecule has 0 radical (unpaired) electrons. The molecule has 0 heterocycles. The third-order valence-corrected chi connectivity index (χ3v) is 6.20. The minimum absolute atomic E-state index is 0.276. The molecule has 2 unspecified atom stereocenters. The molecule has 0 aromatic carbocycles. The van der Waals surface area contributed by atoms with Crippen LogP contribution < -0.4 is 10.6 Å². The Morgan fingerprint density at radius 3 is 1.93 bits per heavy atom. The maximum absolute atomic E-state index is 3.68. The van der Waals surface area contributed by atoms with E-state index in [1.165, 1.54) is 0 Å². The van der Waals surface area contributed by atoms with Gasteiger partial charge in [-0.3, -0.25) is 0 Å². The summed E-state index contributed by atoms with van der Waals surface area (Å²) in [5, 5.41) is 7.51. The molecule has 86 valence electrons. The van der Waals surface area contributed by atoms with Gasteiger partial charge in [0.05, 0.1) is 0 Å². The van der Waals surface area contributed by atoms with Gasteiger partial charge in [0.25, 0.3) is 0 Å². The van der Waals surface area contributed by atoms with Crippen LogP contribution in [0.5, 0.6) is 0 Å². The van der Waals surface area contributed by atoms with Crippen molar-refractivity contribution in [1.29, 1.82) is 0 Å². The monoisotopic (exact) mass is 216 g/mol. The highest BCUT2D eigenvalue weighted by molar-refractivity contribution is 6.16. The molecule has 0 fully saturated rings. The zero-order chi connectivity index (χ0) is 11.4. The van der Waals surface area contributed by atoms with Gasteiger partial charge < -0.3 is 10.6 Å². The SMILES string of the molecule is CCNC(C)C([SiH3])(NCC)C(C)(C)C. The Hall–Kier alpha value is 0.137. The van der Waals surface area contributed by atoms with Crippen LogP contribution in [0.4, 0.5) is 0 Å². The highest BCUT2D eigenvalue weighted by Gasteiger charge is 2.40. The van der Waals surface area contributed by atoms with E-state index in [1.807, 2.05) is 0 Å². The second-order valence-corrected chi connectivity index (χ2v) is 6.84. The van der Waals surface area contributed by atoms with E-state index in [2.05, 4.69) is 52.2 Å². The number of rotatable bonds is 5. The Bertz CT molecular complexity index is 165. The van der Waals surface area contributed by atoms with Crippen molar-refractivity contribution in [3.05, 3.63) is 0 Å². The smallest absolute Gasteiger partial charge is 0.0307 e. The van der Waals surface area contributed by atoms with Crippen LogP contribution in [-0.2, 0) is 0 Å². The minimum atomic E-state index is 0.276. The molecule has 0 bridgehead atoms. The van der Waals surface area contributed by atoms with E-state index in [4.69, 9.17) is 0 Å². The van der Waals surface area contributed by atoms with Gasteiger partial charge in [-0.25, -0.2) is 0 Å². The largest absolute Gasteiger partial charge is 0.313 e. The van der Waals surface area contributed by atoms with Crippen LogP contribution in [0, 0.1) is 5.41 Å². The molecule has 14 heavy (non-hydrogen) atoms. The van der Waals surface area contributed by atoms with Gasteiger partial charge in [0.15, 0.2) is 0 Å². The molecule has 2 atom stereocenters. The molecular formula is C11H28N2Si. The van der Waals surface area contributed by atoms with E-state index >= 15 is 0 Å². The zero-order valence-electron chi connectivity index (χ0n) is 11.0. The van der Waals surface area contributed by atoms with Gasteiger partial charge in [0.1, 0.15) is 0 Å². The number of hydrogen-bond acceptors (Lipinski definition) is 2. The summed E-state index contributed by atoms with van der Waals surface area (Å²) in [6.07, 6.45) is 0.